The predicted molar refractivity (Wildman–Crippen MR) is 84.5 cm³/mol. The molecule has 1 atom stereocenters. The van der Waals surface area contributed by atoms with Gasteiger partial charge in [0.1, 0.15) is 11.9 Å². The van der Waals surface area contributed by atoms with Gasteiger partial charge < -0.3 is 9.84 Å². The van der Waals surface area contributed by atoms with Crippen molar-refractivity contribution in [3.63, 3.8) is 0 Å². The van der Waals surface area contributed by atoms with Crippen molar-refractivity contribution >= 4 is 11.5 Å². The largest absolute Gasteiger partial charge is 0.497 e. The van der Waals surface area contributed by atoms with E-state index in [2.05, 4.69) is 0 Å². The van der Waals surface area contributed by atoms with E-state index in [1.54, 1.807) is 43.5 Å². The van der Waals surface area contributed by atoms with E-state index in [0.717, 1.165) is 5.56 Å². The van der Waals surface area contributed by atoms with Crippen molar-refractivity contribution in [1.29, 1.82) is 0 Å². The van der Waals surface area contributed by atoms with E-state index in [9.17, 15) is 20.0 Å². The summed E-state index contributed by atoms with van der Waals surface area (Å²) in [5.41, 5.74) is 0.975. The monoisotopic (exact) mass is 315 g/mol. The summed E-state index contributed by atoms with van der Waals surface area (Å²) < 4.78 is 5.04. The predicted octanol–water partition coefficient (Wildman–Crippen LogP) is 2.32. The summed E-state index contributed by atoms with van der Waals surface area (Å²) in [6, 6.07) is 13.1. The lowest BCUT2D eigenvalue weighted by Crippen LogP contribution is -2.25. The Bertz CT molecular complexity index is 696. The lowest BCUT2D eigenvalue weighted by Gasteiger charge is -2.10. The molecule has 0 fully saturated rings. The Morgan fingerprint density at radius 1 is 1.22 bits per heavy atom. The molecule has 120 valence electrons. The third kappa shape index (κ3) is 4.37. The van der Waals surface area contributed by atoms with Crippen LogP contribution in [0.4, 0.5) is 5.69 Å². The van der Waals surface area contributed by atoms with E-state index in [1.165, 1.54) is 12.1 Å². The van der Waals surface area contributed by atoms with Crippen LogP contribution < -0.4 is 4.74 Å². The minimum atomic E-state index is -1.21. The number of Topliss-reactive ketones (excluding diaryl/α,β-unsaturated/α-hetero) is 1. The number of hydrogen-bond acceptors (Lipinski definition) is 5. The Labute approximate surface area is 133 Å². The number of nitro benzene ring substituents is 1. The van der Waals surface area contributed by atoms with Gasteiger partial charge in [-0.15, -0.1) is 0 Å². The first kappa shape index (κ1) is 16.6. The fourth-order valence-electron chi connectivity index (χ4n) is 2.24. The van der Waals surface area contributed by atoms with E-state index in [0.29, 0.717) is 11.3 Å². The average Bonchev–Trinajstić information content (AvgIpc) is 2.55. The van der Waals surface area contributed by atoms with Crippen LogP contribution in [0.2, 0.25) is 0 Å². The standard InChI is InChI=1S/C17H17NO5/c1-23-14-8-6-12(7-9-14)10-16(19)17(20)11-13-4-2-3-5-15(13)18(21)22/h2-9,16,19H,10-11H2,1H3. The molecule has 2 aromatic rings. The second-order valence-corrected chi connectivity index (χ2v) is 5.10. The van der Waals surface area contributed by atoms with Gasteiger partial charge in [0, 0.05) is 24.5 Å². The second-order valence-electron chi connectivity index (χ2n) is 5.10. The summed E-state index contributed by atoms with van der Waals surface area (Å²) in [7, 11) is 1.56. The Hall–Kier alpha value is -2.73. The number of carbonyl (C=O) groups excluding carboxylic acids is 1. The number of aliphatic hydroxyl groups is 1. The third-order valence-electron chi connectivity index (χ3n) is 3.51. The van der Waals surface area contributed by atoms with Gasteiger partial charge in [0.2, 0.25) is 0 Å². The number of rotatable bonds is 7. The molecule has 6 heteroatoms. The number of aliphatic hydroxyl groups excluding tert-OH is 1. The van der Waals surface area contributed by atoms with E-state index in [4.69, 9.17) is 4.74 Å². The van der Waals surface area contributed by atoms with Crippen LogP contribution in [0.5, 0.6) is 5.75 Å². The Morgan fingerprint density at radius 2 is 1.87 bits per heavy atom. The number of benzene rings is 2. The Balaban J connectivity index is 2.04. The molecule has 0 saturated carbocycles. The highest BCUT2D eigenvalue weighted by atomic mass is 16.6. The Morgan fingerprint density at radius 3 is 2.48 bits per heavy atom. The van der Waals surface area contributed by atoms with Gasteiger partial charge in [-0.25, -0.2) is 0 Å². The smallest absolute Gasteiger partial charge is 0.273 e. The molecule has 2 rings (SSSR count). The number of nitro groups is 1. The SMILES string of the molecule is COc1ccc(CC(O)C(=O)Cc2ccccc2[N+](=O)[O-])cc1. The molecule has 0 saturated heterocycles. The van der Waals surface area contributed by atoms with Crippen LogP contribution in [-0.2, 0) is 17.6 Å². The highest BCUT2D eigenvalue weighted by molar-refractivity contribution is 5.86. The van der Waals surface area contributed by atoms with Gasteiger partial charge in [-0.2, -0.15) is 0 Å². The van der Waals surface area contributed by atoms with Gasteiger partial charge in [0.05, 0.1) is 12.0 Å². The summed E-state index contributed by atoms with van der Waals surface area (Å²) in [4.78, 5) is 22.5. The lowest BCUT2D eigenvalue weighted by atomic mass is 9.99. The molecule has 0 aliphatic carbocycles. The molecule has 6 nitrogen and oxygen atoms in total. The van der Waals surface area contributed by atoms with Crippen molar-refractivity contribution in [2.75, 3.05) is 7.11 Å². The van der Waals surface area contributed by atoms with Crippen LogP contribution in [0.3, 0.4) is 0 Å². The first-order valence-corrected chi connectivity index (χ1v) is 7.07. The summed E-state index contributed by atoms with van der Waals surface area (Å²) in [6.07, 6.45) is -1.22. The number of ketones is 1. The average molecular weight is 315 g/mol. The van der Waals surface area contributed by atoms with Crippen molar-refractivity contribution in [3.05, 3.63) is 69.8 Å². The first-order chi connectivity index (χ1) is 11.0. The highest BCUT2D eigenvalue weighted by Crippen LogP contribution is 2.19. The zero-order valence-electron chi connectivity index (χ0n) is 12.6. The number of carbonyl (C=O) groups is 1. The maximum Gasteiger partial charge on any atom is 0.273 e. The molecule has 1 unspecified atom stereocenters. The molecular formula is C17H17NO5. The second kappa shape index (κ2) is 7.51. The quantitative estimate of drug-likeness (QED) is 0.625. The molecule has 0 aliphatic rings. The molecule has 0 bridgehead atoms. The first-order valence-electron chi connectivity index (χ1n) is 7.07. The minimum Gasteiger partial charge on any atom is -0.497 e. The van der Waals surface area contributed by atoms with Crippen LogP contribution >= 0.6 is 0 Å². The fraction of sp³-hybridized carbons (Fsp3) is 0.235. The van der Waals surface area contributed by atoms with Crippen LogP contribution in [-0.4, -0.2) is 29.0 Å². The molecule has 0 amide bonds. The highest BCUT2D eigenvalue weighted by Gasteiger charge is 2.20. The number of hydrogen-bond donors (Lipinski definition) is 1. The van der Waals surface area contributed by atoms with Gasteiger partial charge in [0.25, 0.3) is 5.69 Å². The van der Waals surface area contributed by atoms with Crippen molar-refractivity contribution in [1.82, 2.24) is 0 Å². The summed E-state index contributed by atoms with van der Waals surface area (Å²) in [5, 5.41) is 21.0. The van der Waals surface area contributed by atoms with Crippen molar-refractivity contribution < 1.29 is 19.6 Å². The summed E-state index contributed by atoms with van der Waals surface area (Å²) >= 11 is 0. The molecule has 0 aromatic heterocycles. The van der Waals surface area contributed by atoms with Crippen LogP contribution in [0.25, 0.3) is 0 Å². The van der Waals surface area contributed by atoms with Crippen LogP contribution in [0.1, 0.15) is 11.1 Å². The van der Waals surface area contributed by atoms with E-state index < -0.39 is 16.8 Å². The van der Waals surface area contributed by atoms with E-state index in [1.807, 2.05) is 0 Å². The molecule has 1 N–H and O–H groups in total. The lowest BCUT2D eigenvalue weighted by molar-refractivity contribution is -0.385. The van der Waals surface area contributed by atoms with Crippen LogP contribution in [0.15, 0.2) is 48.5 Å². The van der Waals surface area contributed by atoms with Crippen molar-refractivity contribution in [3.8, 4) is 5.75 Å². The van der Waals surface area contributed by atoms with E-state index >= 15 is 0 Å². The van der Waals surface area contributed by atoms with Gasteiger partial charge in [-0.3, -0.25) is 14.9 Å². The fourth-order valence-corrected chi connectivity index (χ4v) is 2.24. The molecule has 0 radical (unpaired) electrons. The van der Waals surface area contributed by atoms with E-state index in [-0.39, 0.29) is 18.5 Å². The number of methoxy groups -OCH3 is 1. The number of ether oxygens (including phenoxy) is 1. The van der Waals surface area contributed by atoms with Gasteiger partial charge in [0.15, 0.2) is 5.78 Å². The molecule has 0 spiro atoms. The molecular weight excluding hydrogens is 298 g/mol. The maximum absolute atomic E-state index is 12.1. The number of nitrogens with zero attached hydrogens (tertiary/aromatic N) is 1. The topological polar surface area (TPSA) is 89.7 Å². The van der Waals surface area contributed by atoms with Crippen molar-refractivity contribution in [2.45, 2.75) is 18.9 Å². The summed E-state index contributed by atoms with van der Waals surface area (Å²) in [5.74, 6) is 0.240. The molecule has 2 aromatic carbocycles. The molecule has 0 aliphatic heterocycles. The zero-order valence-corrected chi connectivity index (χ0v) is 12.6. The van der Waals surface area contributed by atoms with Gasteiger partial charge >= 0.3 is 0 Å². The minimum absolute atomic E-state index is 0.113. The van der Waals surface area contributed by atoms with Crippen LogP contribution in [0, 0.1) is 10.1 Å². The maximum atomic E-state index is 12.1. The van der Waals surface area contributed by atoms with Gasteiger partial charge in [-0.1, -0.05) is 30.3 Å². The Kier molecular flexibility index (Phi) is 5.43. The van der Waals surface area contributed by atoms with Crippen molar-refractivity contribution in [2.24, 2.45) is 0 Å². The normalized spacial score (nSPS) is 11.7. The zero-order chi connectivity index (χ0) is 16.8. The molecule has 0 heterocycles. The number of para-hydroxylation sites is 1. The third-order valence-corrected chi connectivity index (χ3v) is 3.51. The van der Waals surface area contributed by atoms with Gasteiger partial charge in [-0.05, 0) is 17.7 Å². The summed E-state index contributed by atoms with van der Waals surface area (Å²) in [6.45, 7) is 0. The molecule has 23 heavy (non-hydrogen) atoms.